The number of hydrogen-bond acceptors (Lipinski definition) is 4. The lowest BCUT2D eigenvalue weighted by Gasteiger charge is -2.10. The van der Waals surface area contributed by atoms with Gasteiger partial charge in [0.2, 0.25) is 0 Å². The molecule has 0 saturated carbocycles. The number of aryl methyl sites for hydroxylation is 1. The molecular formula is C19H20N4O2. The summed E-state index contributed by atoms with van der Waals surface area (Å²) < 4.78 is 8.85. The SMILES string of the molecule is CCOC(=O)C(=Cc1cnn(C)c1)c1nccn1Cc1ccccc1. The molecule has 0 atom stereocenters. The van der Waals surface area contributed by atoms with Gasteiger partial charge in [-0.15, -0.1) is 0 Å². The zero-order valence-electron chi connectivity index (χ0n) is 14.3. The molecule has 0 amide bonds. The number of carbonyl (C=O) groups excluding carboxylic acids is 1. The highest BCUT2D eigenvalue weighted by molar-refractivity contribution is 6.20. The van der Waals surface area contributed by atoms with Crippen LogP contribution >= 0.6 is 0 Å². The Hall–Kier alpha value is -3.15. The van der Waals surface area contributed by atoms with Gasteiger partial charge in [-0.05, 0) is 18.6 Å². The van der Waals surface area contributed by atoms with Crippen LogP contribution in [0.1, 0.15) is 23.9 Å². The van der Waals surface area contributed by atoms with Gasteiger partial charge in [-0.25, -0.2) is 9.78 Å². The predicted molar refractivity (Wildman–Crippen MR) is 95.5 cm³/mol. The third-order valence-electron chi connectivity index (χ3n) is 3.68. The van der Waals surface area contributed by atoms with Crippen LogP contribution < -0.4 is 0 Å². The number of benzene rings is 1. The topological polar surface area (TPSA) is 61.9 Å². The van der Waals surface area contributed by atoms with Crippen LogP contribution in [0.3, 0.4) is 0 Å². The van der Waals surface area contributed by atoms with E-state index in [-0.39, 0.29) is 0 Å². The van der Waals surface area contributed by atoms with Crippen molar-refractivity contribution < 1.29 is 9.53 Å². The Bertz CT molecular complexity index is 878. The molecule has 0 saturated heterocycles. The van der Waals surface area contributed by atoms with Crippen LogP contribution in [0, 0.1) is 0 Å². The van der Waals surface area contributed by atoms with E-state index < -0.39 is 5.97 Å². The maximum atomic E-state index is 12.5. The molecule has 3 aromatic rings. The molecule has 6 nitrogen and oxygen atoms in total. The smallest absolute Gasteiger partial charge is 0.341 e. The molecule has 0 spiro atoms. The van der Waals surface area contributed by atoms with Crippen molar-refractivity contribution in [1.82, 2.24) is 19.3 Å². The minimum atomic E-state index is -0.396. The summed E-state index contributed by atoms with van der Waals surface area (Å²) in [7, 11) is 1.83. The molecule has 1 aromatic carbocycles. The van der Waals surface area contributed by atoms with Crippen LogP contribution in [0.25, 0.3) is 11.6 Å². The zero-order chi connectivity index (χ0) is 17.6. The van der Waals surface area contributed by atoms with Crippen molar-refractivity contribution in [3.63, 3.8) is 0 Å². The van der Waals surface area contributed by atoms with Crippen molar-refractivity contribution in [3.05, 3.63) is 72.1 Å². The third kappa shape index (κ3) is 4.03. The molecule has 25 heavy (non-hydrogen) atoms. The fourth-order valence-corrected chi connectivity index (χ4v) is 2.57. The summed E-state index contributed by atoms with van der Waals surface area (Å²) in [5.74, 6) is 0.179. The van der Waals surface area contributed by atoms with Crippen molar-refractivity contribution in [1.29, 1.82) is 0 Å². The van der Waals surface area contributed by atoms with Crippen LogP contribution in [0.4, 0.5) is 0 Å². The normalized spacial score (nSPS) is 11.5. The van der Waals surface area contributed by atoms with Gasteiger partial charge < -0.3 is 9.30 Å². The lowest BCUT2D eigenvalue weighted by atomic mass is 10.1. The standard InChI is InChI=1S/C19H20N4O2/c1-3-25-19(24)17(11-16-12-21-22(2)13-16)18-20-9-10-23(18)14-15-7-5-4-6-8-15/h4-13H,3,14H2,1-2H3. The molecule has 3 rings (SSSR count). The van der Waals surface area contributed by atoms with Crippen molar-refractivity contribution in [2.24, 2.45) is 7.05 Å². The average Bonchev–Trinajstić information content (AvgIpc) is 3.23. The number of nitrogens with zero attached hydrogens (tertiary/aromatic N) is 4. The molecule has 0 radical (unpaired) electrons. The van der Waals surface area contributed by atoms with Gasteiger partial charge in [0.15, 0.2) is 0 Å². The third-order valence-corrected chi connectivity index (χ3v) is 3.68. The highest BCUT2D eigenvalue weighted by Crippen LogP contribution is 2.20. The van der Waals surface area contributed by atoms with Crippen molar-refractivity contribution in [2.45, 2.75) is 13.5 Å². The van der Waals surface area contributed by atoms with E-state index in [9.17, 15) is 4.79 Å². The number of imidazole rings is 1. The van der Waals surface area contributed by atoms with E-state index in [4.69, 9.17) is 4.74 Å². The van der Waals surface area contributed by atoms with Gasteiger partial charge in [-0.1, -0.05) is 30.3 Å². The number of aromatic nitrogens is 4. The maximum Gasteiger partial charge on any atom is 0.341 e. The highest BCUT2D eigenvalue weighted by atomic mass is 16.5. The first-order chi connectivity index (χ1) is 12.2. The van der Waals surface area contributed by atoms with Crippen molar-refractivity contribution in [3.8, 4) is 0 Å². The van der Waals surface area contributed by atoms with Crippen molar-refractivity contribution >= 4 is 17.6 Å². The fraction of sp³-hybridized carbons (Fsp3) is 0.211. The number of carbonyl (C=O) groups is 1. The molecular weight excluding hydrogens is 316 g/mol. The molecule has 0 N–H and O–H groups in total. The first-order valence-electron chi connectivity index (χ1n) is 8.10. The van der Waals surface area contributed by atoms with Gasteiger partial charge in [0, 0.05) is 37.7 Å². The number of esters is 1. The predicted octanol–water partition coefficient (Wildman–Crippen LogP) is 2.77. The molecule has 0 unspecified atom stereocenters. The van der Waals surface area contributed by atoms with Gasteiger partial charge in [-0.3, -0.25) is 4.68 Å². The molecule has 2 heterocycles. The van der Waals surface area contributed by atoms with E-state index in [0.29, 0.717) is 24.5 Å². The summed E-state index contributed by atoms with van der Waals surface area (Å²) in [6.45, 7) is 2.72. The summed E-state index contributed by atoms with van der Waals surface area (Å²) in [5, 5.41) is 4.14. The number of ether oxygens (including phenoxy) is 1. The van der Waals surface area contributed by atoms with Crippen LogP contribution in [-0.4, -0.2) is 31.9 Å². The molecule has 0 bridgehead atoms. The Kier molecular flexibility index (Phi) is 5.09. The van der Waals surface area contributed by atoms with Gasteiger partial charge in [-0.2, -0.15) is 5.10 Å². The highest BCUT2D eigenvalue weighted by Gasteiger charge is 2.19. The first kappa shape index (κ1) is 16.7. The van der Waals surface area contributed by atoms with E-state index in [2.05, 4.69) is 10.1 Å². The molecule has 0 aliphatic rings. The minimum absolute atomic E-state index is 0.308. The lowest BCUT2D eigenvalue weighted by Crippen LogP contribution is -2.12. The molecule has 0 aliphatic heterocycles. The summed E-state index contributed by atoms with van der Waals surface area (Å²) in [6.07, 6.45) is 8.84. The van der Waals surface area contributed by atoms with E-state index >= 15 is 0 Å². The van der Waals surface area contributed by atoms with Gasteiger partial charge in [0.05, 0.1) is 12.8 Å². The second kappa shape index (κ2) is 7.61. The molecule has 0 aliphatic carbocycles. The Morgan fingerprint density at radius 2 is 2.08 bits per heavy atom. The summed E-state index contributed by atoms with van der Waals surface area (Å²) in [6, 6.07) is 10.0. The molecule has 2 aromatic heterocycles. The second-order valence-electron chi connectivity index (χ2n) is 5.59. The number of hydrogen-bond donors (Lipinski definition) is 0. The largest absolute Gasteiger partial charge is 0.462 e. The fourth-order valence-electron chi connectivity index (χ4n) is 2.57. The van der Waals surface area contributed by atoms with Gasteiger partial charge in [0.1, 0.15) is 11.4 Å². The molecule has 128 valence electrons. The first-order valence-corrected chi connectivity index (χ1v) is 8.10. The molecule has 0 fully saturated rings. The Labute approximate surface area is 146 Å². The van der Waals surface area contributed by atoms with Crippen LogP contribution in [0.5, 0.6) is 0 Å². The zero-order valence-corrected chi connectivity index (χ0v) is 14.3. The Morgan fingerprint density at radius 3 is 2.76 bits per heavy atom. The van der Waals surface area contributed by atoms with Crippen LogP contribution in [-0.2, 0) is 23.1 Å². The lowest BCUT2D eigenvalue weighted by molar-refractivity contribution is -0.136. The Balaban J connectivity index is 1.98. The van der Waals surface area contributed by atoms with Gasteiger partial charge in [0.25, 0.3) is 0 Å². The second-order valence-corrected chi connectivity index (χ2v) is 5.59. The monoisotopic (exact) mass is 336 g/mol. The van der Waals surface area contributed by atoms with E-state index in [1.165, 1.54) is 0 Å². The number of rotatable bonds is 6. The van der Waals surface area contributed by atoms with Crippen molar-refractivity contribution in [2.75, 3.05) is 6.61 Å². The minimum Gasteiger partial charge on any atom is -0.462 e. The summed E-state index contributed by atoms with van der Waals surface area (Å²) >= 11 is 0. The van der Waals surface area contributed by atoms with E-state index in [1.54, 1.807) is 30.1 Å². The van der Waals surface area contributed by atoms with Crippen LogP contribution in [0.15, 0.2) is 55.1 Å². The van der Waals surface area contributed by atoms with E-state index in [1.807, 2.05) is 54.3 Å². The maximum absolute atomic E-state index is 12.5. The van der Waals surface area contributed by atoms with E-state index in [0.717, 1.165) is 11.1 Å². The summed E-state index contributed by atoms with van der Waals surface area (Å²) in [5.41, 5.74) is 2.36. The quantitative estimate of drug-likeness (QED) is 0.513. The van der Waals surface area contributed by atoms with Crippen LogP contribution in [0.2, 0.25) is 0 Å². The molecule has 6 heteroatoms. The summed E-state index contributed by atoms with van der Waals surface area (Å²) in [4.78, 5) is 16.9. The average molecular weight is 336 g/mol. The van der Waals surface area contributed by atoms with Gasteiger partial charge >= 0.3 is 5.97 Å². The Morgan fingerprint density at radius 1 is 1.28 bits per heavy atom.